The second-order valence-electron chi connectivity index (χ2n) is 5.13. The molecule has 1 unspecified atom stereocenters. The summed E-state index contributed by atoms with van der Waals surface area (Å²) in [7, 11) is -2.82. The zero-order chi connectivity index (χ0) is 13.2. The Balaban J connectivity index is 2.12. The molecule has 100 valence electrons. The van der Waals surface area contributed by atoms with Crippen molar-refractivity contribution >= 4 is 9.84 Å². The SMILES string of the molecule is Cc1cccc(C(C)N2CCCS(=O)(=O)CC2)c1. The van der Waals surface area contributed by atoms with Crippen molar-refractivity contribution in [3.05, 3.63) is 35.4 Å². The molecule has 0 bridgehead atoms. The molecule has 1 heterocycles. The molecular formula is C14H21NO2S. The lowest BCUT2D eigenvalue weighted by atomic mass is 10.0. The van der Waals surface area contributed by atoms with E-state index in [4.69, 9.17) is 0 Å². The minimum Gasteiger partial charge on any atom is -0.296 e. The first-order chi connectivity index (χ1) is 8.48. The van der Waals surface area contributed by atoms with E-state index in [0.717, 1.165) is 13.0 Å². The lowest BCUT2D eigenvalue weighted by molar-refractivity contribution is 0.228. The van der Waals surface area contributed by atoms with Gasteiger partial charge in [-0.2, -0.15) is 0 Å². The third kappa shape index (κ3) is 3.33. The van der Waals surface area contributed by atoms with E-state index >= 15 is 0 Å². The van der Waals surface area contributed by atoms with E-state index in [1.807, 2.05) is 0 Å². The van der Waals surface area contributed by atoms with Crippen molar-refractivity contribution in [2.45, 2.75) is 26.3 Å². The van der Waals surface area contributed by atoms with Gasteiger partial charge >= 0.3 is 0 Å². The summed E-state index contributed by atoms with van der Waals surface area (Å²) >= 11 is 0. The second kappa shape index (κ2) is 5.41. The fraction of sp³-hybridized carbons (Fsp3) is 0.571. The van der Waals surface area contributed by atoms with Gasteiger partial charge in [0, 0.05) is 12.6 Å². The summed E-state index contributed by atoms with van der Waals surface area (Å²) in [6.07, 6.45) is 0.749. The van der Waals surface area contributed by atoms with Crippen molar-refractivity contribution in [2.24, 2.45) is 0 Å². The van der Waals surface area contributed by atoms with Gasteiger partial charge in [-0.05, 0) is 32.4 Å². The van der Waals surface area contributed by atoms with Gasteiger partial charge in [-0.15, -0.1) is 0 Å². The lowest BCUT2D eigenvalue weighted by Crippen LogP contribution is -2.30. The fourth-order valence-corrected chi connectivity index (χ4v) is 3.77. The molecule has 0 radical (unpaired) electrons. The van der Waals surface area contributed by atoms with Gasteiger partial charge in [-0.3, -0.25) is 4.90 Å². The maximum absolute atomic E-state index is 11.6. The minimum absolute atomic E-state index is 0.290. The predicted molar refractivity (Wildman–Crippen MR) is 74.4 cm³/mol. The number of nitrogens with zero attached hydrogens (tertiary/aromatic N) is 1. The highest BCUT2D eigenvalue weighted by Gasteiger charge is 2.23. The van der Waals surface area contributed by atoms with Crippen molar-refractivity contribution in [2.75, 3.05) is 24.6 Å². The molecule has 3 nitrogen and oxygen atoms in total. The van der Waals surface area contributed by atoms with E-state index in [1.165, 1.54) is 11.1 Å². The Labute approximate surface area is 110 Å². The van der Waals surface area contributed by atoms with Crippen LogP contribution in [0, 0.1) is 6.92 Å². The molecule has 0 saturated carbocycles. The molecule has 1 fully saturated rings. The Hall–Kier alpha value is -0.870. The van der Waals surface area contributed by atoms with Crippen molar-refractivity contribution < 1.29 is 8.42 Å². The molecule has 1 aliphatic rings. The van der Waals surface area contributed by atoms with Crippen LogP contribution in [0.3, 0.4) is 0 Å². The molecule has 2 rings (SSSR count). The van der Waals surface area contributed by atoms with Crippen LogP contribution in [0.5, 0.6) is 0 Å². The van der Waals surface area contributed by atoms with E-state index in [0.29, 0.717) is 18.1 Å². The third-order valence-corrected chi connectivity index (χ3v) is 5.38. The topological polar surface area (TPSA) is 37.4 Å². The summed E-state index contributed by atoms with van der Waals surface area (Å²) in [5, 5.41) is 0. The summed E-state index contributed by atoms with van der Waals surface area (Å²) in [4.78, 5) is 2.28. The first-order valence-corrected chi connectivity index (χ1v) is 8.31. The van der Waals surface area contributed by atoms with E-state index < -0.39 is 9.84 Å². The molecule has 0 aliphatic carbocycles. The number of rotatable bonds is 2. The molecular weight excluding hydrogens is 246 g/mol. The number of hydrogen-bond donors (Lipinski definition) is 0. The number of hydrogen-bond acceptors (Lipinski definition) is 3. The summed E-state index contributed by atoms with van der Waals surface area (Å²) in [5.74, 6) is 0.632. The number of aryl methyl sites for hydroxylation is 1. The first kappa shape index (κ1) is 13.6. The van der Waals surface area contributed by atoms with Gasteiger partial charge in [0.1, 0.15) is 0 Å². The van der Waals surface area contributed by atoms with E-state index in [9.17, 15) is 8.42 Å². The van der Waals surface area contributed by atoms with Crippen molar-refractivity contribution in [1.29, 1.82) is 0 Å². The molecule has 4 heteroatoms. The molecule has 0 spiro atoms. The van der Waals surface area contributed by atoms with Gasteiger partial charge in [0.25, 0.3) is 0 Å². The van der Waals surface area contributed by atoms with Gasteiger partial charge in [0.15, 0.2) is 9.84 Å². The quantitative estimate of drug-likeness (QED) is 0.824. The fourth-order valence-electron chi connectivity index (χ4n) is 2.49. The van der Waals surface area contributed by atoms with Gasteiger partial charge < -0.3 is 0 Å². The largest absolute Gasteiger partial charge is 0.296 e. The van der Waals surface area contributed by atoms with Crippen LogP contribution >= 0.6 is 0 Å². The summed E-state index contributed by atoms with van der Waals surface area (Å²) in [6, 6.07) is 8.75. The molecule has 1 aromatic carbocycles. The van der Waals surface area contributed by atoms with Crippen LogP contribution in [0.15, 0.2) is 24.3 Å². The first-order valence-electron chi connectivity index (χ1n) is 6.49. The summed E-state index contributed by atoms with van der Waals surface area (Å²) in [6.45, 7) is 5.77. The highest BCUT2D eigenvalue weighted by atomic mass is 32.2. The molecule has 1 atom stereocenters. The second-order valence-corrected chi connectivity index (χ2v) is 7.44. The van der Waals surface area contributed by atoms with Crippen LogP contribution < -0.4 is 0 Å². The van der Waals surface area contributed by atoms with Crippen LogP contribution in [-0.2, 0) is 9.84 Å². The van der Waals surface area contributed by atoms with Crippen molar-refractivity contribution in [3.63, 3.8) is 0 Å². The zero-order valence-corrected chi connectivity index (χ0v) is 11.9. The molecule has 18 heavy (non-hydrogen) atoms. The lowest BCUT2D eigenvalue weighted by Gasteiger charge is -2.27. The molecule has 0 amide bonds. The Morgan fingerprint density at radius 2 is 2.00 bits per heavy atom. The third-order valence-electron chi connectivity index (χ3n) is 3.66. The van der Waals surface area contributed by atoms with Crippen LogP contribution in [0.1, 0.15) is 30.5 Å². The van der Waals surface area contributed by atoms with Crippen LogP contribution in [0.25, 0.3) is 0 Å². The normalized spacial score (nSPS) is 22.3. The van der Waals surface area contributed by atoms with E-state index in [-0.39, 0.29) is 6.04 Å². The number of benzene rings is 1. The minimum atomic E-state index is -2.82. The smallest absolute Gasteiger partial charge is 0.151 e. The Kier molecular flexibility index (Phi) is 4.07. The Bertz CT molecular complexity index is 510. The van der Waals surface area contributed by atoms with Gasteiger partial charge in [0.2, 0.25) is 0 Å². The average molecular weight is 267 g/mol. The maximum Gasteiger partial charge on any atom is 0.151 e. The van der Waals surface area contributed by atoms with Gasteiger partial charge in [-0.1, -0.05) is 29.8 Å². The van der Waals surface area contributed by atoms with Gasteiger partial charge in [0.05, 0.1) is 11.5 Å². The molecule has 1 aromatic rings. The molecule has 0 aromatic heterocycles. The van der Waals surface area contributed by atoms with Crippen molar-refractivity contribution in [3.8, 4) is 0 Å². The van der Waals surface area contributed by atoms with Crippen LogP contribution in [0.4, 0.5) is 0 Å². The molecule has 1 saturated heterocycles. The molecule has 0 N–H and O–H groups in total. The highest BCUT2D eigenvalue weighted by Crippen LogP contribution is 2.22. The van der Waals surface area contributed by atoms with Crippen LogP contribution in [0.2, 0.25) is 0 Å². The van der Waals surface area contributed by atoms with E-state index in [2.05, 4.69) is 43.0 Å². The Morgan fingerprint density at radius 3 is 2.72 bits per heavy atom. The Morgan fingerprint density at radius 1 is 1.22 bits per heavy atom. The van der Waals surface area contributed by atoms with Crippen LogP contribution in [-0.4, -0.2) is 37.9 Å². The van der Waals surface area contributed by atoms with Gasteiger partial charge in [-0.25, -0.2) is 8.42 Å². The standard InChI is InChI=1S/C14H21NO2S/c1-12-5-3-6-14(11-12)13(2)15-7-4-9-18(16,17)10-8-15/h3,5-6,11,13H,4,7-10H2,1-2H3. The molecule has 1 aliphatic heterocycles. The summed E-state index contributed by atoms with van der Waals surface area (Å²) < 4.78 is 23.2. The number of sulfone groups is 1. The van der Waals surface area contributed by atoms with Crippen molar-refractivity contribution in [1.82, 2.24) is 4.90 Å². The average Bonchev–Trinajstić information content (AvgIpc) is 2.49. The van der Waals surface area contributed by atoms with E-state index in [1.54, 1.807) is 0 Å². The highest BCUT2D eigenvalue weighted by molar-refractivity contribution is 7.91. The predicted octanol–water partition coefficient (Wildman–Crippen LogP) is 2.18. The monoisotopic (exact) mass is 267 g/mol. The summed E-state index contributed by atoms with van der Waals surface area (Å²) in [5.41, 5.74) is 2.52. The zero-order valence-electron chi connectivity index (χ0n) is 11.1. The maximum atomic E-state index is 11.6.